The summed E-state index contributed by atoms with van der Waals surface area (Å²) >= 11 is 0. The van der Waals surface area contributed by atoms with E-state index in [1.54, 1.807) is 0 Å². The van der Waals surface area contributed by atoms with Crippen molar-refractivity contribution in [3.63, 3.8) is 0 Å². The highest BCUT2D eigenvalue weighted by molar-refractivity contribution is 5.92. The Bertz CT molecular complexity index is 742. The van der Waals surface area contributed by atoms with Crippen molar-refractivity contribution in [1.82, 2.24) is 15.2 Å². The average Bonchev–Trinajstić information content (AvgIpc) is 3.03. The Morgan fingerprint density at radius 3 is 2.71 bits per heavy atom. The van der Waals surface area contributed by atoms with Crippen molar-refractivity contribution in [3.8, 4) is 0 Å². The largest absolute Gasteiger partial charge is 0.453 e. The molecule has 9 nitrogen and oxygen atoms in total. The summed E-state index contributed by atoms with van der Waals surface area (Å²) in [6.45, 7) is 0.620. The number of ketones is 1. The van der Waals surface area contributed by atoms with Gasteiger partial charge in [-0.15, -0.1) is 0 Å². The van der Waals surface area contributed by atoms with Gasteiger partial charge in [0.15, 0.2) is 6.29 Å². The lowest BCUT2D eigenvalue weighted by Crippen LogP contribution is -2.45. The molecule has 2 amide bonds. The molecule has 3 rings (SSSR count). The Morgan fingerprint density at radius 2 is 2.04 bits per heavy atom. The van der Waals surface area contributed by atoms with Crippen LogP contribution in [0.3, 0.4) is 0 Å². The van der Waals surface area contributed by atoms with Crippen molar-refractivity contribution in [1.29, 1.82) is 0 Å². The number of nitrogens with one attached hydrogen (secondary N) is 2. The predicted molar refractivity (Wildman–Crippen MR) is 98.8 cm³/mol. The third-order valence-corrected chi connectivity index (χ3v) is 5.56. The fourth-order valence-electron chi connectivity index (χ4n) is 4.13. The average molecular weight is 393 g/mol. The van der Waals surface area contributed by atoms with Gasteiger partial charge in [0.25, 0.3) is 0 Å². The first-order chi connectivity index (χ1) is 13.5. The van der Waals surface area contributed by atoms with Gasteiger partial charge in [0, 0.05) is 45.1 Å². The second kappa shape index (κ2) is 8.74. The molecule has 1 unspecified atom stereocenters. The van der Waals surface area contributed by atoms with E-state index in [1.807, 2.05) is 16.8 Å². The number of nitrogens with zero attached hydrogens (tertiary/aromatic N) is 1. The van der Waals surface area contributed by atoms with Gasteiger partial charge in [0.05, 0.1) is 25.5 Å². The summed E-state index contributed by atoms with van der Waals surface area (Å²) in [6, 6.07) is 1.66. The van der Waals surface area contributed by atoms with Crippen LogP contribution in [0.2, 0.25) is 0 Å². The van der Waals surface area contributed by atoms with Crippen LogP contribution in [0, 0.1) is 5.92 Å². The van der Waals surface area contributed by atoms with Crippen LogP contribution in [0.4, 0.5) is 4.79 Å². The summed E-state index contributed by atoms with van der Waals surface area (Å²) < 4.78 is 16.9. The molecular weight excluding hydrogens is 366 g/mol. The number of methoxy groups -OCH3 is 3. The molecule has 1 aliphatic heterocycles. The molecule has 9 heteroatoms. The number of rotatable bonds is 6. The SMILES string of the molecule is COC(=O)N[C@H]1CCc2ccn3c2C1C(=O)C[C@H](C(=O)NCC(OC)OC)C3. The first-order valence-corrected chi connectivity index (χ1v) is 9.36. The second-order valence-electron chi connectivity index (χ2n) is 7.15. The zero-order valence-corrected chi connectivity index (χ0v) is 16.4. The molecule has 0 spiro atoms. The number of carbonyl (C=O) groups is 3. The number of ether oxygens (including phenoxy) is 3. The number of amides is 2. The van der Waals surface area contributed by atoms with E-state index in [9.17, 15) is 14.4 Å². The normalized spacial score (nSPS) is 23.7. The number of carbonyl (C=O) groups excluding carboxylic acids is 3. The van der Waals surface area contributed by atoms with Gasteiger partial charge in [0.2, 0.25) is 5.91 Å². The molecule has 28 heavy (non-hydrogen) atoms. The number of hydrogen-bond acceptors (Lipinski definition) is 6. The minimum atomic E-state index is -0.553. The van der Waals surface area contributed by atoms with Crippen LogP contribution < -0.4 is 10.6 Å². The van der Waals surface area contributed by atoms with Crippen molar-refractivity contribution in [3.05, 3.63) is 23.5 Å². The van der Waals surface area contributed by atoms with Gasteiger partial charge in [-0.25, -0.2) is 4.79 Å². The smallest absolute Gasteiger partial charge is 0.407 e. The van der Waals surface area contributed by atoms with Gasteiger partial charge in [-0.3, -0.25) is 9.59 Å². The Labute approximate surface area is 163 Å². The monoisotopic (exact) mass is 393 g/mol. The maximum Gasteiger partial charge on any atom is 0.407 e. The van der Waals surface area contributed by atoms with Crippen LogP contribution in [0.25, 0.3) is 0 Å². The topological polar surface area (TPSA) is 108 Å². The van der Waals surface area contributed by atoms with Crippen molar-refractivity contribution in [2.24, 2.45) is 5.92 Å². The highest BCUT2D eigenvalue weighted by Gasteiger charge is 2.42. The highest BCUT2D eigenvalue weighted by Crippen LogP contribution is 2.37. The second-order valence-corrected chi connectivity index (χ2v) is 7.15. The minimum Gasteiger partial charge on any atom is -0.453 e. The summed E-state index contributed by atoms with van der Waals surface area (Å²) in [4.78, 5) is 37.5. The first-order valence-electron chi connectivity index (χ1n) is 9.36. The Morgan fingerprint density at radius 1 is 1.29 bits per heavy atom. The number of hydrogen-bond donors (Lipinski definition) is 2. The van der Waals surface area contributed by atoms with E-state index in [0.29, 0.717) is 13.0 Å². The lowest BCUT2D eigenvalue weighted by molar-refractivity contribution is -0.134. The van der Waals surface area contributed by atoms with Crippen molar-refractivity contribution < 1.29 is 28.6 Å². The lowest BCUT2D eigenvalue weighted by atomic mass is 9.79. The minimum absolute atomic E-state index is 0.0463. The maximum atomic E-state index is 13.1. The summed E-state index contributed by atoms with van der Waals surface area (Å²) in [5.74, 6) is -1.23. The lowest BCUT2D eigenvalue weighted by Gasteiger charge is -2.31. The van der Waals surface area contributed by atoms with Crippen LogP contribution in [-0.4, -0.2) is 62.6 Å². The van der Waals surface area contributed by atoms with Crippen LogP contribution in [0.1, 0.15) is 30.0 Å². The number of aromatic nitrogens is 1. The van der Waals surface area contributed by atoms with Gasteiger partial charge < -0.3 is 29.4 Å². The zero-order valence-electron chi connectivity index (χ0n) is 16.4. The third-order valence-electron chi connectivity index (χ3n) is 5.56. The van der Waals surface area contributed by atoms with Crippen molar-refractivity contribution in [2.45, 2.75) is 44.1 Å². The maximum absolute atomic E-state index is 13.1. The summed E-state index contributed by atoms with van der Waals surface area (Å²) in [5, 5.41) is 5.59. The van der Waals surface area contributed by atoms with Gasteiger partial charge in [0.1, 0.15) is 5.78 Å². The first kappa shape index (κ1) is 20.3. The molecule has 1 aromatic heterocycles. The van der Waals surface area contributed by atoms with E-state index >= 15 is 0 Å². The highest BCUT2D eigenvalue weighted by atomic mass is 16.7. The van der Waals surface area contributed by atoms with Crippen molar-refractivity contribution in [2.75, 3.05) is 27.9 Å². The van der Waals surface area contributed by atoms with Crippen LogP contribution in [-0.2, 0) is 36.8 Å². The molecule has 1 aromatic rings. The van der Waals surface area contributed by atoms with Gasteiger partial charge in [-0.1, -0.05) is 0 Å². The van der Waals surface area contributed by atoms with E-state index in [2.05, 4.69) is 10.6 Å². The Hall–Kier alpha value is -2.39. The van der Waals surface area contributed by atoms with Crippen LogP contribution in [0.5, 0.6) is 0 Å². The molecule has 0 saturated heterocycles. The molecule has 0 saturated carbocycles. The predicted octanol–water partition coefficient (Wildman–Crippen LogP) is 0.567. The molecule has 0 radical (unpaired) electrons. The number of Topliss-reactive ketones (excluding diaryl/α,β-unsaturated/α-hetero) is 1. The molecule has 0 fully saturated rings. The Balaban J connectivity index is 1.79. The quantitative estimate of drug-likeness (QED) is 0.684. The van der Waals surface area contributed by atoms with Gasteiger partial charge in [-0.2, -0.15) is 0 Å². The fourth-order valence-corrected chi connectivity index (χ4v) is 4.13. The molecule has 1 aliphatic carbocycles. The summed E-state index contributed by atoms with van der Waals surface area (Å²) in [5.41, 5.74) is 2.00. The van der Waals surface area contributed by atoms with Crippen LogP contribution in [0.15, 0.2) is 12.3 Å². The summed E-state index contributed by atoms with van der Waals surface area (Å²) in [6.07, 6.45) is 2.36. The number of alkyl carbamates (subject to hydrolysis) is 1. The molecular formula is C19H27N3O6. The molecule has 0 aromatic carbocycles. The van der Waals surface area contributed by atoms with E-state index < -0.39 is 24.2 Å². The summed E-state index contributed by atoms with van der Waals surface area (Å²) in [7, 11) is 4.30. The molecule has 154 valence electrons. The standard InChI is InChI=1S/C19H27N3O6/c1-26-15(27-2)9-20-18(24)12-8-14(23)16-13(21-19(25)28-3)5-4-11-6-7-22(10-12)17(11)16/h6-7,12-13,15-16H,4-5,8-10H2,1-3H3,(H,20,24)(H,21,25)/t12-,13-,16?/m0/s1. The van der Waals surface area contributed by atoms with E-state index in [4.69, 9.17) is 14.2 Å². The molecule has 2 heterocycles. The zero-order chi connectivity index (χ0) is 20.3. The number of aryl methyl sites for hydroxylation is 1. The molecule has 2 N–H and O–H groups in total. The van der Waals surface area contributed by atoms with Crippen LogP contribution >= 0.6 is 0 Å². The third kappa shape index (κ3) is 4.05. The molecule has 2 aliphatic rings. The van der Waals surface area contributed by atoms with E-state index in [0.717, 1.165) is 17.7 Å². The van der Waals surface area contributed by atoms with Gasteiger partial charge >= 0.3 is 6.09 Å². The van der Waals surface area contributed by atoms with Crippen molar-refractivity contribution >= 4 is 17.8 Å². The van der Waals surface area contributed by atoms with E-state index in [1.165, 1.54) is 21.3 Å². The molecule has 3 atom stereocenters. The molecule has 0 bridgehead atoms. The van der Waals surface area contributed by atoms with Gasteiger partial charge in [-0.05, 0) is 24.5 Å². The van der Waals surface area contributed by atoms with E-state index in [-0.39, 0.29) is 30.7 Å². The Kier molecular flexibility index (Phi) is 6.35. The fraction of sp³-hybridized carbons (Fsp3) is 0.632.